The Kier molecular flexibility index (Phi) is 3.34. The van der Waals surface area contributed by atoms with Gasteiger partial charge in [0.15, 0.2) is 0 Å². The van der Waals surface area contributed by atoms with Crippen molar-refractivity contribution in [2.45, 2.75) is 13.8 Å². The van der Waals surface area contributed by atoms with Gasteiger partial charge in [0.25, 0.3) is 0 Å². The minimum atomic E-state index is -1.01. The number of hydrogen-bond donors (Lipinski definition) is 1. The topological polar surface area (TPSA) is 50.2 Å². The molecule has 0 saturated carbocycles. The number of rotatable bonds is 2. The lowest BCUT2D eigenvalue weighted by molar-refractivity contribution is 0.0697. The highest BCUT2D eigenvalue weighted by molar-refractivity contribution is 6.29. The highest BCUT2D eigenvalue weighted by Gasteiger charge is 2.14. The molecule has 1 N–H and O–H groups in total. The first-order valence-corrected chi connectivity index (χ1v) is 5.83. The van der Waals surface area contributed by atoms with Gasteiger partial charge in [0, 0.05) is 11.8 Å². The molecule has 4 heteroatoms. The van der Waals surface area contributed by atoms with Gasteiger partial charge in [0.1, 0.15) is 5.15 Å². The van der Waals surface area contributed by atoms with Crippen molar-refractivity contribution >= 4 is 17.6 Å². The molecule has 0 atom stereocenters. The molecule has 1 aromatic heterocycles. The third kappa shape index (κ3) is 2.36. The number of carbonyl (C=O) groups is 1. The van der Waals surface area contributed by atoms with Gasteiger partial charge in [-0.25, -0.2) is 9.78 Å². The van der Waals surface area contributed by atoms with Gasteiger partial charge in [-0.15, -0.1) is 0 Å². The van der Waals surface area contributed by atoms with Crippen LogP contribution in [0.1, 0.15) is 21.5 Å². The van der Waals surface area contributed by atoms with E-state index in [2.05, 4.69) is 4.98 Å². The number of pyridine rings is 1. The van der Waals surface area contributed by atoms with Gasteiger partial charge in [-0.1, -0.05) is 35.4 Å². The van der Waals surface area contributed by atoms with Gasteiger partial charge in [-0.05, 0) is 31.0 Å². The molecule has 0 fully saturated rings. The average Bonchev–Trinajstić information content (AvgIpc) is 2.29. The largest absolute Gasteiger partial charge is 0.478 e. The molecule has 92 valence electrons. The Labute approximate surface area is 110 Å². The zero-order chi connectivity index (χ0) is 13.3. The van der Waals surface area contributed by atoms with Crippen molar-refractivity contribution in [3.63, 3.8) is 0 Å². The number of aromatic carboxylic acids is 1. The highest BCUT2D eigenvalue weighted by atomic mass is 35.5. The van der Waals surface area contributed by atoms with Crippen LogP contribution in [0.3, 0.4) is 0 Å². The second-order valence-corrected chi connectivity index (χ2v) is 4.56. The van der Waals surface area contributed by atoms with Crippen molar-refractivity contribution in [1.29, 1.82) is 0 Å². The molecule has 0 spiro atoms. The van der Waals surface area contributed by atoms with E-state index in [4.69, 9.17) is 11.6 Å². The van der Waals surface area contributed by atoms with Crippen molar-refractivity contribution < 1.29 is 9.90 Å². The van der Waals surface area contributed by atoms with Crippen molar-refractivity contribution in [3.8, 4) is 11.1 Å². The smallest absolute Gasteiger partial charge is 0.336 e. The fraction of sp³-hybridized carbons (Fsp3) is 0.143. The number of carboxylic acids is 1. The molecule has 0 aliphatic carbocycles. The Hall–Kier alpha value is -1.87. The van der Waals surface area contributed by atoms with Crippen LogP contribution < -0.4 is 0 Å². The minimum absolute atomic E-state index is 0.168. The van der Waals surface area contributed by atoms with E-state index < -0.39 is 5.97 Å². The van der Waals surface area contributed by atoms with Gasteiger partial charge in [0.05, 0.1) is 5.56 Å². The van der Waals surface area contributed by atoms with Gasteiger partial charge >= 0.3 is 5.97 Å². The standard InChI is InChI=1S/C14H12ClNO2/c1-8-3-4-10(9(2)5-8)12-7-16-13(15)6-11(12)14(17)18/h3-7H,1-2H3,(H,17,18). The molecule has 2 aromatic rings. The summed E-state index contributed by atoms with van der Waals surface area (Å²) in [5, 5.41) is 9.39. The number of carboxylic acid groups (broad SMARTS) is 1. The van der Waals surface area contributed by atoms with Crippen molar-refractivity contribution in [2.24, 2.45) is 0 Å². The quantitative estimate of drug-likeness (QED) is 0.839. The van der Waals surface area contributed by atoms with Gasteiger partial charge in [-0.2, -0.15) is 0 Å². The van der Waals surface area contributed by atoms with Crippen LogP contribution in [0.15, 0.2) is 30.5 Å². The second kappa shape index (κ2) is 4.78. The summed E-state index contributed by atoms with van der Waals surface area (Å²) >= 11 is 5.74. The predicted molar refractivity (Wildman–Crippen MR) is 71.1 cm³/mol. The van der Waals surface area contributed by atoms with Crippen LogP contribution in [0.5, 0.6) is 0 Å². The Morgan fingerprint density at radius 1 is 1.22 bits per heavy atom. The maximum atomic E-state index is 11.2. The first kappa shape index (κ1) is 12.6. The number of nitrogens with zero attached hydrogens (tertiary/aromatic N) is 1. The number of benzene rings is 1. The second-order valence-electron chi connectivity index (χ2n) is 4.18. The van der Waals surface area contributed by atoms with Crippen LogP contribution in [-0.4, -0.2) is 16.1 Å². The summed E-state index contributed by atoms with van der Waals surface area (Å²) in [6.45, 7) is 3.94. The van der Waals surface area contributed by atoms with Gasteiger partial charge < -0.3 is 5.11 Å². The number of hydrogen-bond acceptors (Lipinski definition) is 2. The Morgan fingerprint density at radius 2 is 1.94 bits per heavy atom. The van der Waals surface area contributed by atoms with Crippen molar-refractivity contribution in [3.05, 3.63) is 52.3 Å². The lowest BCUT2D eigenvalue weighted by Crippen LogP contribution is -2.01. The molecular formula is C14H12ClNO2. The summed E-state index contributed by atoms with van der Waals surface area (Å²) in [5.74, 6) is -1.01. The van der Waals surface area contributed by atoms with E-state index in [0.717, 1.165) is 16.7 Å². The maximum Gasteiger partial charge on any atom is 0.336 e. The maximum absolute atomic E-state index is 11.2. The molecule has 0 saturated heterocycles. The van der Waals surface area contributed by atoms with E-state index in [1.807, 2.05) is 32.0 Å². The molecule has 2 rings (SSSR count). The van der Waals surface area contributed by atoms with Gasteiger partial charge in [0.2, 0.25) is 0 Å². The zero-order valence-electron chi connectivity index (χ0n) is 10.1. The molecule has 1 heterocycles. The van der Waals surface area contributed by atoms with Crippen LogP contribution in [0.25, 0.3) is 11.1 Å². The van der Waals surface area contributed by atoms with Gasteiger partial charge in [-0.3, -0.25) is 0 Å². The van der Waals surface area contributed by atoms with E-state index in [1.165, 1.54) is 12.3 Å². The summed E-state index contributed by atoms with van der Waals surface area (Å²) in [7, 11) is 0. The summed E-state index contributed by atoms with van der Waals surface area (Å²) in [6, 6.07) is 7.23. The molecular weight excluding hydrogens is 250 g/mol. The molecule has 18 heavy (non-hydrogen) atoms. The zero-order valence-corrected chi connectivity index (χ0v) is 10.8. The molecule has 0 amide bonds. The van der Waals surface area contributed by atoms with E-state index in [1.54, 1.807) is 0 Å². The number of aryl methyl sites for hydroxylation is 2. The molecule has 1 aromatic carbocycles. The van der Waals surface area contributed by atoms with E-state index in [0.29, 0.717) is 5.56 Å². The summed E-state index contributed by atoms with van der Waals surface area (Å²) in [6.07, 6.45) is 1.50. The third-order valence-electron chi connectivity index (χ3n) is 2.77. The van der Waals surface area contributed by atoms with Crippen molar-refractivity contribution in [2.75, 3.05) is 0 Å². The summed E-state index contributed by atoms with van der Waals surface area (Å²) in [4.78, 5) is 15.2. The first-order valence-electron chi connectivity index (χ1n) is 5.45. The van der Waals surface area contributed by atoms with E-state index in [9.17, 15) is 9.90 Å². The molecule has 0 radical (unpaired) electrons. The molecule has 0 bridgehead atoms. The fourth-order valence-corrected chi connectivity index (χ4v) is 2.10. The summed E-state index contributed by atoms with van der Waals surface area (Å²) < 4.78 is 0. The Balaban J connectivity index is 2.67. The summed E-state index contributed by atoms with van der Waals surface area (Å²) in [5.41, 5.74) is 3.77. The normalized spacial score (nSPS) is 10.4. The van der Waals surface area contributed by atoms with Crippen LogP contribution in [0.2, 0.25) is 5.15 Å². The highest BCUT2D eigenvalue weighted by Crippen LogP contribution is 2.28. The Bertz CT molecular complexity index is 623. The van der Waals surface area contributed by atoms with E-state index >= 15 is 0 Å². The van der Waals surface area contributed by atoms with Crippen LogP contribution in [0, 0.1) is 13.8 Å². The lowest BCUT2D eigenvalue weighted by Gasteiger charge is -2.10. The third-order valence-corrected chi connectivity index (χ3v) is 2.98. The molecule has 0 aliphatic heterocycles. The van der Waals surface area contributed by atoms with Crippen LogP contribution in [-0.2, 0) is 0 Å². The predicted octanol–water partition coefficient (Wildman–Crippen LogP) is 3.72. The first-order chi connectivity index (χ1) is 8.49. The number of halogens is 1. The molecule has 3 nitrogen and oxygen atoms in total. The lowest BCUT2D eigenvalue weighted by atomic mass is 9.96. The molecule has 0 aliphatic rings. The average molecular weight is 262 g/mol. The Morgan fingerprint density at radius 3 is 2.56 bits per heavy atom. The van der Waals surface area contributed by atoms with Crippen LogP contribution >= 0.6 is 11.6 Å². The SMILES string of the molecule is Cc1ccc(-c2cnc(Cl)cc2C(=O)O)c(C)c1. The molecule has 0 unspecified atom stereocenters. The number of aromatic nitrogens is 1. The fourth-order valence-electron chi connectivity index (χ4n) is 1.94. The van der Waals surface area contributed by atoms with E-state index in [-0.39, 0.29) is 10.7 Å². The van der Waals surface area contributed by atoms with Crippen molar-refractivity contribution in [1.82, 2.24) is 4.98 Å². The monoisotopic (exact) mass is 261 g/mol. The van der Waals surface area contributed by atoms with Crippen LogP contribution in [0.4, 0.5) is 0 Å². The minimum Gasteiger partial charge on any atom is -0.478 e.